The first-order valence-electron chi connectivity index (χ1n) is 5.22. The number of likely N-dealkylation sites (N-methyl/N-ethyl adjacent to an activating group) is 1. The molecule has 0 aromatic carbocycles. The topological polar surface area (TPSA) is 40.8 Å². The molecule has 0 saturated carbocycles. The van der Waals surface area contributed by atoms with Gasteiger partial charge in [0.2, 0.25) is 0 Å². The minimum absolute atomic E-state index is 0.135. The molecular formula is C11H13Cl2N3O. The van der Waals surface area contributed by atoms with Gasteiger partial charge in [-0.05, 0) is 13.1 Å². The Labute approximate surface area is 109 Å². The Bertz CT molecular complexity index is 527. The van der Waals surface area contributed by atoms with Crippen molar-refractivity contribution < 1.29 is 5.11 Å². The van der Waals surface area contributed by atoms with Gasteiger partial charge < -0.3 is 9.51 Å². The van der Waals surface area contributed by atoms with E-state index in [0.717, 1.165) is 5.69 Å². The quantitative estimate of drug-likeness (QED) is 0.927. The van der Waals surface area contributed by atoms with E-state index in [2.05, 4.69) is 4.98 Å². The lowest BCUT2D eigenvalue weighted by Gasteiger charge is -2.12. The van der Waals surface area contributed by atoms with E-state index in [-0.39, 0.29) is 6.61 Å². The summed E-state index contributed by atoms with van der Waals surface area (Å²) in [7, 11) is 1.93. The Hall–Kier alpha value is -0.810. The number of fused-ring (bicyclic) bond motifs is 1. The Kier molecular flexibility index (Phi) is 3.89. The maximum Gasteiger partial charge on any atom is 0.156 e. The summed E-state index contributed by atoms with van der Waals surface area (Å²) in [6.45, 7) is 1.41. The summed E-state index contributed by atoms with van der Waals surface area (Å²) in [6, 6.07) is 1.67. The number of aliphatic hydroxyl groups is 1. The van der Waals surface area contributed by atoms with E-state index >= 15 is 0 Å². The molecule has 6 heteroatoms. The minimum atomic E-state index is 0.135. The van der Waals surface area contributed by atoms with Gasteiger partial charge in [-0.2, -0.15) is 0 Å². The van der Waals surface area contributed by atoms with E-state index in [4.69, 9.17) is 28.3 Å². The first-order valence-corrected chi connectivity index (χ1v) is 5.98. The summed E-state index contributed by atoms with van der Waals surface area (Å²) < 4.78 is 1.81. The van der Waals surface area contributed by atoms with E-state index in [1.54, 1.807) is 12.3 Å². The molecule has 2 aromatic rings. The first kappa shape index (κ1) is 12.6. The van der Waals surface area contributed by atoms with E-state index in [1.165, 1.54) is 0 Å². The lowest BCUT2D eigenvalue weighted by Crippen LogP contribution is -2.21. The zero-order chi connectivity index (χ0) is 12.4. The molecule has 0 radical (unpaired) electrons. The van der Waals surface area contributed by atoms with Gasteiger partial charge in [-0.15, -0.1) is 0 Å². The molecule has 0 amide bonds. The van der Waals surface area contributed by atoms with Crippen molar-refractivity contribution >= 4 is 28.8 Å². The molecule has 0 aliphatic carbocycles. The maximum atomic E-state index is 8.83. The SMILES string of the molecule is CN(CCO)Cc1cn2cc(Cl)cc(Cl)c2n1. The number of hydrogen-bond donors (Lipinski definition) is 1. The van der Waals surface area contributed by atoms with Crippen LogP contribution in [0.25, 0.3) is 5.65 Å². The number of pyridine rings is 1. The fraction of sp³-hybridized carbons (Fsp3) is 0.364. The van der Waals surface area contributed by atoms with Crippen molar-refractivity contribution in [2.24, 2.45) is 0 Å². The van der Waals surface area contributed by atoms with Crippen molar-refractivity contribution in [2.45, 2.75) is 6.54 Å². The molecule has 0 aliphatic heterocycles. The standard InChI is InChI=1S/C11H13Cl2N3O/c1-15(2-3-17)6-9-7-16-5-8(12)4-10(13)11(16)14-9/h4-5,7,17H,2-3,6H2,1H3. The van der Waals surface area contributed by atoms with E-state index in [0.29, 0.717) is 28.8 Å². The van der Waals surface area contributed by atoms with Crippen LogP contribution in [-0.2, 0) is 6.54 Å². The minimum Gasteiger partial charge on any atom is -0.395 e. The number of hydrogen-bond acceptors (Lipinski definition) is 3. The number of nitrogens with zero attached hydrogens (tertiary/aromatic N) is 3. The molecule has 1 N–H and O–H groups in total. The van der Waals surface area contributed by atoms with Gasteiger partial charge in [-0.1, -0.05) is 23.2 Å². The second kappa shape index (κ2) is 5.23. The molecular weight excluding hydrogens is 261 g/mol. The van der Waals surface area contributed by atoms with Gasteiger partial charge in [0.25, 0.3) is 0 Å². The smallest absolute Gasteiger partial charge is 0.156 e. The molecule has 2 rings (SSSR count). The monoisotopic (exact) mass is 273 g/mol. The highest BCUT2D eigenvalue weighted by molar-refractivity contribution is 6.36. The Balaban J connectivity index is 2.28. The zero-order valence-corrected chi connectivity index (χ0v) is 10.9. The molecule has 92 valence electrons. The van der Waals surface area contributed by atoms with E-state index in [1.807, 2.05) is 22.5 Å². The Morgan fingerprint density at radius 1 is 1.41 bits per heavy atom. The zero-order valence-electron chi connectivity index (χ0n) is 9.40. The van der Waals surface area contributed by atoms with Crippen LogP contribution in [-0.4, -0.2) is 39.6 Å². The van der Waals surface area contributed by atoms with Gasteiger partial charge in [0, 0.05) is 25.5 Å². The molecule has 2 aromatic heterocycles. The van der Waals surface area contributed by atoms with Gasteiger partial charge in [-0.25, -0.2) is 4.98 Å². The first-order chi connectivity index (χ1) is 8.10. The van der Waals surface area contributed by atoms with Crippen LogP contribution < -0.4 is 0 Å². The molecule has 17 heavy (non-hydrogen) atoms. The summed E-state index contributed by atoms with van der Waals surface area (Å²) in [5.41, 5.74) is 1.59. The lowest BCUT2D eigenvalue weighted by molar-refractivity contribution is 0.216. The highest BCUT2D eigenvalue weighted by Gasteiger charge is 2.08. The molecule has 0 aliphatic rings. The summed E-state index contributed by atoms with van der Waals surface area (Å²) in [4.78, 5) is 6.41. The molecule has 4 nitrogen and oxygen atoms in total. The van der Waals surface area contributed by atoms with Crippen molar-refractivity contribution in [1.29, 1.82) is 0 Å². The third-order valence-corrected chi connectivity index (χ3v) is 2.92. The van der Waals surface area contributed by atoms with Crippen molar-refractivity contribution in [3.05, 3.63) is 34.2 Å². The fourth-order valence-corrected chi connectivity index (χ4v) is 2.21. The summed E-state index contributed by atoms with van der Waals surface area (Å²) in [5, 5.41) is 9.94. The number of imidazole rings is 1. The molecule has 0 unspecified atom stereocenters. The predicted octanol–water partition coefficient (Wildman–Crippen LogP) is 2.07. The van der Waals surface area contributed by atoms with Gasteiger partial charge >= 0.3 is 0 Å². The molecule has 0 bridgehead atoms. The van der Waals surface area contributed by atoms with Crippen LogP contribution in [0.2, 0.25) is 10.0 Å². The maximum absolute atomic E-state index is 8.83. The molecule has 0 spiro atoms. The summed E-state index contributed by atoms with van der Waals surface area (Å²) >= 11 is 12.0. The van der Waals surface area contributed by atoms with E-state index in [9.17, 15) is 0 Å². The predicted molar refractivity (Wildman–Crippen MR) is 68.6 cm³/mol. The lowest BCUT2D eigenvalue weighted by atomic mass is 10.4. The molecule has 0 atom stereocenters. The van der Waals surface area contributed by atoms with Crippen LogP contribution in [0.4, 0.5) is 0 Å². The molecule has 2 heterocycles. The second-order valence-corrected chi connectivity index (χ2v) is 4.77. The van der Waals surface area contributed by atoms with E-state index < -0.39 is 0 Å². The van der Waals surface area contributed by atoms with Gasteiger partial charge in [0.1, 0.15) is 0 Å². The number of aliphatic hydroxyl groups excluding tert-OH is 1. The summed E-state index contributed by atoms with van der Waals surface area (Å²) in [6.07, 6.45) is 3.66. The Morgan fingerprint density at radius 2 is 2.18 bits per heavy atom. The van der Waals surface area contributed by atoms with Crippen LogP contribution in [0.5, 0.6) is 0 Å². The van der Waals surface area contributed by atoms with Crippen LogP contribution >= 0.6 is 23.2 Å². The van der Waals surface area contributed by atoms with Gasteiger partial charge in [0.15, 0.2) is 5.65 Å². The average Bonchev–Trinajstić information content (AvgIpc) is 2.60. The number of halogens is 2. The van der Waals surface area contributed by atoms with Gasteiger partial charge in [0.05, 0.1) is 22.3 Å². The normalized spacial score (nSPS) is 11.6. The third-order valence-electron chi connectivity index (χ3n) is 2.44. The summed E-state index contributed by atoms with van der Waals surface area (Å²) in [5.74, 6) is 0. The van der Waals surface area contributed by atoms with Crippen LogP contribution in [0.15, 0.2) is 18.5 Å². The van der Waals surface area contributed by atoms with Crippen LogP contribution in [0.3, 0.4) is 0 Å². The number of rotatable bonds is 4. The highest BCUT2D eigenvalue weighted by atomic mass is 35.5. The largest absolute Gasteiger partial charge is 0.395 e. The highest BCUT2D eigenvalue weighted by Crippen LogP contribution is 2.21. The van der Waals surface area contributed by atoms with Crippen LogP contribution in [0, 0.1) is 0 Å². The third kappa shape index (κ3) is 2.90. The average molecular weight is 274 g/mol. The fourth-order valence-electron chi connectivity index (χ4n) is 1.68. The van der Waals surface area contributed by atoms with Crippen molar-refractivity contribution in [3.63, 3.8) is 0 Å². The second-order valence-electron chi connectivity index (χ2n) is 3.93. The van der Waals surface area contributed by atoms with Gasteiger partial charge in [-0.3, -0.25) is 4.90 Å². The van der Waals surface area contributed by atoms with Crippen molar-refractivity contribution in [1.82, 2.24) is 14.3 Å². The Morgan fingerprint density at radius 3 is 2.88 bits per heavy atom. The van der Waals surface area contributed by atoms with Crippen molar-refractivity contribution in [3.8, 4) is 0 Å². The van der Waals surface area contributed by atoms with Crippen molar-refractivity contribution in [2.75, 3.05) is 20.2 Å². The molecule has 0 saturated heterocycles. The molecule has 0 fully saturated rings. The van der Waals surface area contributed by atoms with Crippen LogP contribution in [0.1, 0.15) is 5.69 Å². The number of aromatic nitrogens is 2.